The van der Waals surface area contributed by atoms with E-state index >= 15 is 0 Å². The lowest BCUT2D eigenvalue weighted by atomic mass is 10.0. The Bertz CT molecular complexity index is 510. The second-order valence-electron chi connectivity index (χ2n) is 4.36. The van der Waals surface area contributed by atoms with Gasteiger partial charge in [0.05, 0.1) is 12.3 Å². The van der Waals surface area contributed by atoms with Gasteiger partial charge < -0.3 is 5.11 Å². The van der Waals surface area contributed by atoms with Gasteiger partial charge in [-0.1, -0.05) is 18.2 Å². The molecule has 1 atom stereocenters. The molecule has 0 fully saturated rings. The van der Waals surface area contributed by atoms with Gasteiger partial charge in [-0.2, -0.15) is 5.10 Å². The van der Waals surface area contributed by atoms with Gasteiger partial charge in [0.1, 0.15) is 5.82 Å². The fraction of sp³-hybridized carbons (Fsp3) is 0.357. The highest BCUT2D eigenvalue weighted by Gasteiger charge is 2.11. The number of benzene rings is 1. The van der Waals surface area contributed by atoms with E-state index in [1.807, 2.05) is 17.8 Å². The summed E-state index contributed by atoms with van der Waals surface area (Å²) in [5, 5.41) is 14.1. The average Bonchev–Trinajstić information content (AvgIpc) is 2.80. The second kappa shape index (κ2) is 5.78. The highest BCUT2D eigenvalue weighted by molar-refractivity contribution is 5.18. The summed E-state index contributed by atoms with van der Waals surface area (Å²) in [6.45, 7) is 2.82. The highest BCUT2D eigenvalue weighted by Crippen LogP contribution is 2.12. The van der Waals surface area contributed by atoms with Gasteiger partial charge in [-0.25, -0.2) is 4.39 Å². The van der Waals surface area contributed by atoms with E-state index in [4.69, 9.17) is 0 Å². The molecule has 0 saturated heterocycles. The first-order valence-corrected chi connectivity index (χ1v) is 6.12. The molecule has 4 heteroatoms. The number of hydrogen-bond donors (Lipinski definition) is 1. The van der Waals surface area contributed by atoms with Crippen molar-refractivity contribution in [3.8, 4) is 0 Å². The largest absolute Gasteiger partial charge is 0.392 e. The molecule has 1 unspecified atom stereocenters. The Morgan fingerprint density at radius 3 is 2.78 bits per heavy atom. The third-order valence-electron chi connectivity index (χ3n) is 2.90. The summed E-state index contributed by atoms with van der Waals surface area (Å²) in [6.07, 6.45) is 3.88. The van der Waals surface area contributed by atoms with Gasteiger partial charge in [0.25, 0.3) is 0 Å². The second-order valence-corrected chi connectivity index (χ2v) is 4.36. The normalized spacial score (nSPS) is 12.6. The molecule has 0 aliphatic rings. The first-order chi connectivity index (χ1) is 8.69. The molecule has 18 heavy (non-hydrogen) atoms. The van der Waals surface area contributed by atoms with Gasteiger partial charge in [0, 0.05) is 25.6 Å². The van der Waals surface area contributed by atoms with E-state index in [1.54, 1.807) is 24.4 Å². The minimum Gasteiger partial charge on any atom is -0.392 e. The van der Waals surface area contributed by atoms with Crippen molar-refractivity contribution in [1.82, 2.24) is 9.78 Å². The van der Waals surface area contributed by atoms with Gasteiger partial charge in [-0.3, -0.25) is 4.68 Å². The van der Waals surface area contributed by atoms with Crippen LogP contribution in [0.15, 0.2) is 36.7 Å². The predicted octanol–water partition coefficient (Wildman–Crippen LogP) is 2.19. The first kappa shape index (κ1) is 12.8. The Hall–Kier alpha value is -1.68. The van der Waals surface area contributed by atoms with Crippen molar-refractivity contribution in [3.05, 3.63) is 53.6 Å². The van der Waals surface area contributed by atoms with Crippen LogP contribution in [-0.4, -0.2) is 21.0 Å². The molecule has 0 aliphatic carbocycles. The predicted molar refractivity (Wildman–Crippen MR) is 67.7 cm³/mol. The number of aliphatic hydroxyl groups excluding tert-OH is 1. The summed E-state index contributed by atoms with van der Waals surface area (Å²) in [4.78, 5) is 0. The topological polar surface area (TPSA) is 38.0 Å². The lowest BCUT2D eigenvalue weighted by molar-refractivity contribution is 0.174. The first-order valence-electron chi connectivity index (χ1n) is 6.12. The molecule has 0 spiro atoms. The summed E-state index contributed by atoms with van der Waals surface area (Å²) in [5.74, 6) is -0.263. The Morgan fingerprint density at radius 1 is 1.33 bits per heavy atom. The Morgan fingerprint density at radius 2 is 2.11 bits per heavy atom. The molecule has 0 radical (unpaired) electrons. The number of aliphatic hydroxyl groups is 1. The molecule has 1 N–H and O–H groups in total. The SMILES string of the molecule is CCn1cc(CC(O)Cc2ccccc2F)cn1. The number of hydrogen-bond acceptors (Lipinski definition) is 2. The maximum Gasteiger partial charge on any atom is 0.126 e. The van der Waals surface area contributed by atoms with E-state index in [1.165, 1.54) is 6.07 Å². The van der Waals surface area contributed by atoms with E-state index in [0.717, 1.165) is 12.1 Å². The van der Waals surface area contributed by atoms with Crippen LogP contribution in [0.5, 0.6) is 0 Å². The van der Waals surface area contributed by atoms with E-state index in [9.17, 15) is 9.50 Å². The van der Waals surface area contributed by atoms with Crippen molar-refractivity contribution in [2.75, 3.05) is 0 Å². The molecule has 0 bridgehead atoms. The van der Waals surface area contributed by atoms with E-state index in [2.05, 4.69) is 5.10 Å². The zero-order valence-electron chi connectivity index (χ0n) is 10.4. The van der Waals surface area contributed by atoms with Crippen LogP contribution in [0.1, 0.15) is 18.1 Å². The Balaban J connectivity index is 1.96. The molecule has 0 aliphatic heterocycles. The Labute approximate surface area is 106 Å². The van der Waals surface area contributed by atoms with E-state index < -0.39 is 6.10 Å². The quantitative estimate of drug-likeness (QED) is 0.880. The zero-order valence-corrected chi connectivity index (χ0v) is 10.4. The number of halogens is 1. The fourth-order valence-corrected chi connectivity index (χ4v) is 1.95. The average molecular weight is 248 g/mol. The van der Waals surface area contributed by atoms with Crippen molar-refractivity contribution >= 4 is 0 Å². The van der Waals surface area contributed by atoms with Crippen LogP contribution in [0, 0.1) is 5.82 Å². The molecule has 96 valence electrons. The zero-order chi connectivity index (χ0) is 13.0. The fourth-order valence-electron chi connectivity index (χ4n) is 1.95. The van der Waals surface area contributed by atoms with Crippen LogP contribution < -0.4 is 0 Å². The number of rotatable bonds is 5. The van der Waals surface area contributed by atoms with Crippen LogP contribution in [-0.2, 0) is 19.4 Å². The monoisotopic (exact) mass is 248 g/mol. The molecule has 0 amide bonds. The number of nitrogens with zero attached hydrogens (tertiary/aromatic N) is 2. The van der Waals surface area contributed by atoms with Crippen LogP contribution in [0.3, 0.4) is 0 Å². The molecular formula is C14H17FN2O. The van der Waals surface area contributed by atoms with Gasteiger partial charge >= 0.3 is 0 Å². The van der Waals surface area contributed by atoms with Crippen LogP contribution in [0.2, 0.25) is 0 Å². The van der Waals surface area contributed by atoms with Crippen molar-refractivity contribution < 1.29 is 9.50 Å². The van der Waals surface area contributed by atoms with Crippen LogP contribution in [0.4, 0.5) is 4.39 Å². The maximum atomic E-state index is 13.4. The molecule has 1 heterocycles. The highest BCUT2D eigenvalue weighted by atomic mass is 19.1. The van der Waals surface area contributed by atoms with Gasteiger partial charge in [-0.05, 0) is 24.1 Å². The summed E-state index contributed by atoms with van der Waals surface area (Å²) in [7, 11) is 0. The minimum absolute atomic E-state index is 0.263. The van der Waals surface area contributed by atoms with Gasteiger partial charge in [0.15, 0.2) is 0 Å². The molecule has 1 aromatic heterocycles. The maximum absolute atomic E-state index is 13.4. The molecule has 1 aromatic carbocycles. The van der Waals surface area contributed by atoms with Gasteiger partial charge in [-0.15, -0.1) is 0 Å². The summed E-state index contributed by atoms with van der Waals surface area (Å²) < 4.78 is 15.2. The van der Waals surface area contributed by atoms with Crippen molar-refractivity contribution in [3.63, 3.8) is 0 Å². The van der Waals surface area contributed by atoms with Crippen molar-refractivity contribution in [1.29, 1.82) is 0 Å². The molecule has 3 nitrogen and oxygen atoms in total. The number of aryl methyl sites for hydroxylation is 1. The smallest absolute Gasteiger partial charge is 0.126 e. The third kappa shape index (κ3) is 3.17. The Kier molecular flexibility index (Phi) is 4.10. The molecule has 0 saturated carbocycles. The van der Waals surface area contributed by atoms with Crippen LogP contribution in [0.25, 0.3) is 0 Å². The summed E-state index contributed by atoms with van der Waals surface area (Å²) in [6, 6.07) is 6.54. The van der Waals surface area contributed by atoms with Crippen molar-refractivity contribution in [2.45, 2.75) is 32.4 Å². The van der Waals surface area contributed by atoms with Gasteiger partial charge in [0.2, 0.25) is 0 Å². The van der Waals surface area contributed by atoms with E-state index in [-0.39, 0.29) is 5.82 Å². The third-order valence-corrected chi connectivity index (χ3v) is 2.90. The lowest BCUT2D eigenvalue weighted by Crippen LogP contribution is -2.14. The molecule has 2 aromatic rings. The molecular weight excluding hydrogens is 231 g/mol. The van der Waals surface area contributed by atoms with Crippen LogP contribution >= 0.6 is 0 Å². The standard InChI is InChI=1S/C14H17FN2O/c1-2-17-10-11(9-16-17)7-13(18)8-12-5-3-4-6-14(12)15/h3-6,9-10,13,18H,2,7-8H2,1H3. The number of aromatic nitrogens is 2. The van der Waals surface area contributed by atoms with E-state index in [0.29, 0.717) is 18.4 Å². The molecule has 2 rings (SSSR count). The summed E-state index contributed by atoms with van der Waals surface area (Å²) >= 11 is 0. The summed E-state index contributed by atoms with van der Waals surface area (Å²) in [5.41, 5.74) is 1.52. The minimum atomic E-state index is -0.587. The lowest BCUT2D eigenvalue weighted by Gasteiger charge is -2.09. The van der Waals surface area contributed by atoms with Crippen molar-refractivity contribution in [2.24, 2.45) is 0 Å².